The fourth-order valence-electron chi connectivity index (χ4n) is 5.35. The normalized spacial score (nSPS) is 14.6. The largest absolute Gasteiger partial charge is 0.481 e. The van der Waals surface area contributed by atoms with Crippen LogP contribution >= 0.6 is 0 Å². The zero-order valence-electron chi connectivity index (χ0n) is 22.0. The van der Waals surface area contributed by atoms with Crippen LogP contribution < -0.4 is 5.32 Å². The number of aliphatic carboxylic acids is 1. The standard InChI is InChI=1S/C32H38N2O3/c1-23-8-12-26(13-9-23)31(27-14-10-24(2)11-15-27)32(37)33-18-5-19-34-20-16-25(17-21-34)29-7-4-3-6-28(29)22-30(35)36/h3-4,6-15,25,31H,5,16-22H2,1-2H3,(H,33,37)(H,35,36). The average molecular weight is 499 g/mol. The van der Waals surface area contributed by atoms with Gasteiger partial charge in [-0.2, -0.15) is 0 Å². The highest BCUT2D eigenvalue weighted by Crippen LogP contribution is 2.31. The Morgan fingerprint density at radius 1 is 0.892 bits per heavy atom. The first kappa shape index (κ1) is 26.6. The first-order valence-electron chi connectivity index (χ1n) is 13.3. The Morgan fingerprint density at radius 2 is 1.46 bits per heavy atom. The van der Waals surface area contributed by atoms with Crippen molar-refractivity contribution >= 4 is 11.9 Å². The van der Waals surface area contributed by atoms with Gasteiger partial charge in [0.1, 0.15) is 0 Å². The quantitative estimate of drug-likeness (QED) is 0.365. The van der Waals surface area contributed by atoms with Gasteiger partial charge in [-0.3, -0.25) is 9.59 Å². The minimum absolute atomic E-state index is 0.0430. The van der Waals surface area contributed by atoms with Gasteiger partial charge in [0.05, 0.1) is 12.3 Å². The molecule has 1 aliphatic heterocycles. The maximum Gasteiger partial charge on any atom is 0.307 e. The van der Waals surface area contributed by atoms with E-state index < -0.39 is 5.97 Å². The maximum atomic E-state index is 13.3. The molecule has 2 N–H and O–H groups in total. The molecule has 0 aliphatic carbocycles. The van der Waals surface area contributed by atoms with Crippen molar-refractivity contribution in [3.05, 3.63) is 106 Å². The van der Waals surface area contributed by atoms with Gasteiger partial charge in [-0.1, -0.05) is 83.9 Å². The molecular weight excluding hydrogens is 460 g/mol. The summed E-state index contributed by atoms with van der Waals surface area (Å²) >= 11 is 0. The van der Waals surface area contributed by atoms with E-state index >= 15 is 0 Å². The second kappa shape index (κ2) is 12.7. The molecule has 1 fully saturated rings. The van der Waals surface area contributed by atoms with Crippen molar-refractivity contribution in [2.24, 2.45) is 0 Å². The van der Waals surface area contributed by atoms with Gasteiger partial charge < -0.3 is 15.3 Å². The number of carbonyl (C=O) groups excluding carboxylic acids is 1. The molecule has 0 bridgehead atoms. The third-order valence-corrected chi connectivity index (χ3v) is 7.46. The lowest BCUT2D eigenvalue weighted by atomic mass is 9.85. The summed E-state index contributed by atoms with van der Waals surface area (Å²) in [5, 5.41) is 12.4. The predicted octanol–water partition coefficient (Wildman–Crippen LogP) is 5.45. The monoisotopic (exact) mass is 498 g/mol. The molecule has 0 aromatic heterocycles. The molecule has 3 aromatic carbocycles. The minimum Gasteiger partial charge on any atom is -0.481 e. The minimum atomic E-state index is -0.779. The van der Waals surface area contributed by atoms with Crippen LogP contribution in [0.4, 0.5) is 0 Å². The predicted molar refractivity (Wildman–Crippen MR) is 148 cm³/mol. The summed E-state index contributed by atoms with van der Waals surface area (Å²) < 4.78 is 0. The third-order valence-electron chi connectivity index (χ3n) is 7.46. The van der Waals surface area contributed by atoms with Crippen molar-refractivity contribution in [3.8, 4) is 0 Å². The molecule has 1 aliphatic rings. The molecule has 0 atom stereocenters. The Balaban J connectivity index is 1.28. The Hall–Kier alpha value is -3.44. The molecular formula is C32H38N2O3. The van der Waals surface area contributed by atoms with Gasteiger partial charge in [0.2, 0.25) is 5.91 Å². The van der Waals surface area contributed by atoms with E-state index in [-0.39, 0.29) is 18.2 Å². The van der Waals surface area contributed by atoms with E-state index in [1.807, 2.05) is 18.2 Å². The number of amides is 1. The number of nitrogens with zero attached hydrogens (tertiary/aromatic N) is 1. The number of carbonyl (C=O) groups is 2. The van der Waals surface area contributed by atoms with E-state index in [9.17, 15) is 14.7 Å². The zero-order valence-corrected chi connectivity index (χ0v) is 22.0. The smallest absolute Gasteiger partial charge is 0.307 e. The van der Waals surface area contributed by atoms with Crippen molar-refractivity contribution in [3.63, 3.8) is 0 Å². The van der Waals surface area contributed by atoms with Crippen LogP contribution in [0.2, 0.25) is 0 Å². The Labute approximate surface area is 220 Å². The van der Waals surface area contributed by atoms with E-state index in [1.165, 1.54) is 16.7 Å². The maximum absolute atomic E-state index is 13.3. The van der Waals surface area contributed by atoms with Crippen LogP contribution in [0.5, 0.6) is 0 Å². The number of benzene rings is 3. The summed E-state index contributed by atoms with van der Waals surface area (Å²) in [4.78, 5) is 27.0. The summed E-state index contributed by atoms with van der Waals surface area (Å²) in [6.07, 6.45) is 3.06. The van der Waals surface area contributed by atoms with Gasteiger partial charge in [-0.05, 0) is 80.9 Å². The SMILES string of the molecule is Cc1ccc(C(C(=O)NCCCN2CCC(c3ccccc3CC(=O)O)CC2)c2ccc(C)cc2)cc1. The summed E-state index contributed by atoms with van der Waals surface area (Å²) in [5.41, 5.74) is 6.51. The van der Waals surface area contributed by atoms with Crippen LogP contribution in [0.1, 0.15) is 64.5 Å². The number of rotatable bonds is 10. The number of nitrogens with one attached hydrogen (secondary N) is 1. The van der Waals surface area contributed by atoms with Gasteiger partial charge in [-0.15, -0.1) is 0 Å². The lowest BCUT2D eigenvalue weighted by Gasteiger charge is -2.33. The Kier molecular flexibility index (Phi) is 9.13. The molecule has 4 rings (SSSR count). The number of hydrogen-bond acceptors (Lipinski definition) is 3. The van der Waals surface area contributed by atoms with Crippen molar-refractivity contribution in [1.82, 2.24) is 10.2 Å². The Morgan fingerprint density at radius 3 is 2.03 bits per heavy atom. The second-order valence-corrected chi connectivity index (χ2v) is 10.3. The summed E-state index contributed by atoms with van der Waals surface area (Å²) in [6.45, 7) is 7.70. The van der Waals surface area contributed by atoms with Crippen molar-refractivity contribution < 1.29 is 14.7 Å². The van der Waals surface area contributed by atoms with Crippen molar-refractivity contribution in [2.45, 2.75) is 51.4 Å². The highest BCUT2D eigenvalue weighted by Gasteiger charge is 2.24. The molecule has 194 valence electrons. The highest BCUT2D eigenvalue weighted by atomic mass is 16.4. The number of piperidine rings is 1. The third kappa shape index (κ3) is 7.30. The zero-order chi connectivity index (χ0) is 26.2. The fraction of sp³-hybridized carbons (Fsp3) is 0.375. The highest BCUT2D eigenvalue weighted by molar-refractivity contribution is 5.87. The Bertz CT molecular complexity index is 1130. The molecule has 0 spiro atoms. The molecule has 0 radical (unpaired) electrons. The van der Waals surface area contributed by atoms with Crippen LogP contribution in [0, 0.1) is 13.8 Å². The van der Waals surface area contributed by atoms with Crippen LogP contribution in [0.3, 0.4) is 0 Å². The molecule has 37 heavy (non-hydrogen) atoms. The fourth-order valence-corrected chi connectivity index (χ4v) is 5.35. The van der Waals surface area contributed by atoms with Crippen LogP contribution in [0.15, 0.2) is 72.8 Å². The van der Waals surface area contributed by atoms with Crippen molar-refractivity contribution in [1.29, 1.82) is 0 Å². The molecule has 1 amide bonds. The molecule has 5 nitrogen and oxygen atoms in total. The van der Waals surface area contributed by atoms with Crippen LogP contribution in [0.25, 0.3) is 0 Å². The first-order valence-corrected chi connectivity index (χ1v) is 13.3. The molecule has 1 saturated heterocycles. The number of hydrogen-bond donors (Lipinski definition) is 2. The molecule has 5 heteroatoms. The molecule has 0 saturated carbocycles. The van der Waals surface area contributed by atoms with Gasteiger partial charge >= 0.3 is 5.97 Å². The van der Waals surface area contributed by atoms with E-state index in [0.717, 1.165) is 55.6 Å². The first-order chi connectivity index (χ1) is 17.9. The van der Waals surface area contributed by atoms with Gasteiger partial charge in [-0.25, -0.2) is 0 Å². The van der Waals surface area contributed by atoms with E-state index in [0.29, 0.717) is 12.5 Å². The van der Waals surface area contributed by atoms with Crippen LogP contribution in [-0.4, -0.2) is 48.1 Å². The summed E-state index contributed by atoms with van der Waals surface area (Å²) in [6, 6.07) is 24.4. The second-order valence-electron chi connectivity index (χ2n) is 10.3. The lowest BCUT2D eigenvalue weighted by Crippen LogP contribution is -2.36. The summed E-state index contributed by atoms with van der Waals surface area (Å²) in [5.74, 6) is -0.639. The van der Waals surface area contributed by atoms with Crippen LogP contribution in [-0.2, 0) is 16.0 Å². The number of likely N-dealkylation sites (tertiary alicyclic amines) is 1. The average Bonchev–Trinajstić information content (AvgIpc) is 2.89. The number of carboxylic acids is 1. The molecule has 0 unspecified atom stereocenters. The topological polar surface area (TPSA) is 69.6 Å². The number of carboxylic acid groups (broad SMARTS) is 1. The van der Waals surface area contributed by atoms with Crippen molar-refractivity contribution in [2.75, 3.05) is 26.2 Å². The lowest BCUT2D eigenvalue weighted by molar-refractivity contribution is -0.136. The summed E-state index contributed by atoms with van der Waals surface area (Å²) in [7, 11) is 0. The van der Waals surface area contributed by atoms with Gasteiger partial charge in [0.15, 0.2) is 0 Å². The molecule has 3 aromatic rings. The number of aryl methyl sites for hydroxylation is 2. The van der Waals surface area contributed by atoms with E-state index in [4.69, 9.17) is 0 Å². The van der Waals surface area contributed by atoms with E-state index in [1.54, 1.807) is 0 Å². The van der Waals surface area contributed by atoms with Gasteiger partial charge in [0, 0.05) is 6.54 Å². The van der Waals surface area contributed by atoms with Gasteiger partial charge in [0.25, 0.3) is 0 Å². The van der Waals surface area contributed by atoms with E-state index in [2.05, 4.69) is 78.7 Å². The molecule has 1 heterocycles.